The smallest absolute Gasteiger partial charge is 0.329 e. The Balaban J connectivity index is 0.958. The van der Waals surface area contributed by atoms with Crippen molar-refractivity contribution in [1.82, 2.24) is 15.0 Å². The lowest BCUT2D eigenvalue weighted by atomic mass is 9.59. The van der Waals surface area contributed by atoms with Gasteiger partial charge in [-0.05, 0) is 133 Å². The van der Waals surface area contributed by atoms with Crippen LogP contribution in [0.4, 0.5) is 5.69 Å². The van der Waals surface area contributed by atoms with E-state index in [0.717, 1.165) is 58.7 Å². The number of hydrogen-bond acceptors (Lipinski definition) is 10. The number of carboxylic acid groups (broad SMARTS) is 1. The van der Waals surface area contributed by atoms with Crippen LogP contribution in [0.1, 0.15) is 55.8 Å². The number of nitrogens with zero attached hydrogens (tertiary/aromatic N) is 3. The molecule has 2 N–H and O–H groups in total. The van der Waals surface area contributed by atoms with Crippen molar-refractivity contribution in [3.63, 3.8) is 0 Å². The number of hydrogen-bond donors (Lipinski definition) is 2. The van der Waals surface area contributed by atoms with Crippen molar-refractivity contribution < 1.29 is 28.8 Å². The van der Waals surface area contributed by atoms with Gasteiger partial charge in [0.05, 0.1) is 48.4 Å². The van der Waals surface area contributed by atoms with Gasteiger partial charge in [-0.3, -0.25) is 4.98 Å². The van der Waals surface area contributed by atoms with E-state index in [2.05, 4.69) is 34.3 Å². The number of thiophene rings is 1. The minimum absolute atomic E-state index is 0.210. The quantitative estimate of drug-likeness (QED) is 0.0912. The maximum absolute atomic E-state index is 13.0. The molecule has 10 nitrogen and oxygen atoms in total. The molecule has 0 radical (unpaired) electrons. The molecule has 3 heterocycles. The van der Waals surface area contributed by atoms with Crippen LogP contribution in [0.3, 0.4) is 0 Å². The van der Waals surface area contributed by atoms with Crippen LogP contribution in [0, 0.1) is 11.8 Å². The summed E-state index contributed by atoms with van der Waals surface area (Å²) >= 11 is 7.94. The van der Waals surface area contributed by atoms with E-state index in [1.54, 1.807) is 43.0 Å². The first-order valence-electron chi connectivity index (χ1n) is 19.8. The first-order chi connectivity index (χ1) is 28.2. The predicted molar refractivity (Wildman–Crippen MR) is 227 cm³/mol. The summed E-state index contributed by atoms with van der Waals surface area (Å²) in [4.78, 5) is 26.6. The lowest BCUT2D eigenvalue weighted by Gasteiger charge is -2.47. The van der Waals surface area contributed by atoms with E-state index in [4.69, 9.17) is 35.5 Å². The zero-order chi connectivity index (χ0) is 40.1. The van der Waals surface area contributed by atoms with Crippen molar-refractivity contribution >= 4 is 44.8 Å². The number of carbonyl (C=O) groups is 1. The Hall–Kier alpha value is -5.23. The van der Waals surface area contributed by atoms with Gasteiger partial charge in [-0.2, -0.15) is 0 Å². The monoisotopic (exact) mass is 818 g/mol. The number of aromatic nitrogens is 3. The Labute approximate surface area is 347 Å². The molecule has 2 aliphatic rings. The van der Waals surface area contributed by atoms with Crippen LogP contribution in [0.2, 0.25) is 5.02 Å². The normalized spacial score (nSPS) is 20.4. The highest BCUT2D eigenvalue weighted by Crippen LogP contribution is 2.57. The van der Waals surface area contributed by atoms with E-state index in [1.165, 1.54) is 11.1 Å². The number of fused-ring (bicyclic) bond motifs is 3. The minimum Gasteiger partial charge on any atom is -0.496 e. The number of nitrogens with one attached hydrogen (secondary N) is 1. The summed E-state index contributed by atoms with van der Waals surface area (Å²) in [7, 11) is 1.63. The van der Waals surface area contributed by atoms with E-state index in [0.29, 0.717) is 67.5 Å². The molecule has 12 heteroatoms. The molecule has 58 heavy (non-hydrogen) atoms. The number of carboxylic acids is 1. The van der Waals surface area contributed by atoms with E-state index in [1.807, 2.05) is 66.0 Å². The molecular formula is C46H47ClN4O6S. The van der Waals surface area contributed by atoms with Crippen LogP contribution in [0.15, 0.2) is 103 Å². The second kappa shape index (κ2) is 17.3. The molecule has 2 aliphatic carbocycles. The topological polar surface area (TPSA) is 125 Å². The summed E-state index contributed by atoms with van der Waals surface area (Å²) in [6.45, 7) is 3.90. The highest BCUT2D eigenvalue weighted by molar-refractivity contribution is 7.17. The van der Waals surface area contributed by atoms with Gasteiger partial charge in [-0.15, -0.1) is 11.3 Å². The van der Waals surface area contributed by atoms with E-state index in [9.17, 15) is 9.90 Å². The lowest BCUT2D eigenvalue weighted by Crippen LogP contribution is -2.53. The average molecular weight is 819 g/mol. The average Bonchev–Trinajstić information content (AvgIpc) is 3.84. The van der Waals surface area contributed by atoms with E-state index >= 15 is 0 Å². The van der Waals surface area contributed by atoms with Crippen molar-refractivity contribution in [3.05, 3.63) is 125 Å². The summed E-state index contributed by atoms with van der Waals surface area (Å²) in [6.07, 6.45) is 7.80. The third-order valence-corrected chi connectivity index (χ3v) is 13.0. The number of pyridine rings is 1. The zero-order valence-corrected chi connectivity index (χ0v) is 34.2. The second-order valence-electron chi connectivity index (χ2n) is 15.5. The van der Waals surface area contributed by atoms with Crippen LogP contribution in [-0.2, 0) is 28.0 Å². The zero-order valence-electron chi connectivity index (χ0n) is 32.7. The molecule has 300 valence electrons. The Bertz CT molecular complexity index is 2380. The van der Waals surface area contributed by atoms with Gasteiger partial charge in [-0.25, -0.2) is 14.8 Å². The number of ether oxygens (including phenoxy) is 4. The number of methoxy groups -OCH3 is 1. The molecule has 3 aromatic carbocycles. The second-order valence-corrected chi connectivity index (χ2v) is 16.8. The molecule has 2 atom stereocenters. The molecule has 0 aliphatic heterocycles. The third-order valence-electron chi connectivity index (χ3n) is 11.8. The molecular weight excluding hydrogens is 772 g/mol. The molecule has 6 aromatic rings. The molecule has 0 amide bonds. The minimum atomic E-state index is -1.10. The molecule has 0 saturated heterocycles. The van der Waals surface area contributed by atoms with Crippen LogP contribution in [-0.4, -0.2) is 58.5 Å². The summed E-state index contributed by atoms with van der Waals surface area (Å²) in [5, 5.41) is 16.7. The van der Waals surface area contributed by atoms with Crippen LogP contribution in [0.5, 0.6) is 17.2 Å². The van der Waals surface area contributed by atoms with Gasteiger partial charge in [0.1, 0.15) is 29.4 Å². The van der Waals surface area contributed by atoms with Crippen molar-refractivity contribution in [3.8, 4) is 28.6 Å². The first kappa shape index (κ1) is 39.6. The Morgan fingerprint density at radius 3 is 2.62 bits per heavy atom. The predicted octanol–water partition coefficient (Wildman–Crippen LogP) is 10.0. The number of halogens is 1. The maximum Gasteiger partial charge on any atom is 0.329 e. The van der Waals surface area contributed by atoms with Gasteiger partial charge in [0.2, 0.25) is 0 Å². The Kier molecular flexibility index (Phi) is 11.8. The first-order valence-corrected chi connectivity index (χ1v) is 21.0. The van der Waals surface area contributed by atoms with E-state index in [-0.39, 0.29) is 11.3 Å². The fourth-order valence-corrected chi connectivity index (χ4v) is 9.90. The molecule has 1 unspecified atom stereocenters. The van der Waals surface area contributed by atoms with E-state index < -0.39 is 11.5 Å². The molecule has 1 saturated carbocycles. The van der Waals surface area contributed by atoms with Crippen LogP contribution >= 0.6 is 22.9 Å². The number of benzene rings is 3. The summed E-state index contributed by atoms with van der Waals surface area (Å²) < 4.78 is 25.3. The number of para-hydroxylation sites is 1. The van der Waals surface area contributed by atoms with Gasteiger partial charge in [0.15, 0.2) is 5.82 Å². The van der Waals surface area contributed by atoms with Crippen molar-refractivity contribution in [2.24, 2.45) is 11.8 Å². The van der Waals surface area contributed by atoms with Gasteiger partial charge in [0.25, 0.3) is 0 Å². The SMILES string of the molecule is COc1ccccc1-c1nccc(COCCOc2ccc3c(c2)C2(CCC(Nc4cccc(Cl)c4)(C(=O)O)CC2)C(C[C@@H](C)COc2ccnc4ccsc24)C3)n1. The van der Waals surface area contributed by atoms with Gasteiger partial charge in [0, 0.05) is 23.1 Å². The van der Waals surface area contributed by atoms with Crippen molar-refractivity contribution in [2.45, 2.75) is 63.0 Å². The van der Waals surface area contributed by atoms with Crippen molar-refractivity contribution in [1.29, 1.82) is 0 Å². The molecule has 1 spiro atoms. The van der Waals surface area contributed by atoms with Crippen LogP contribution in [0.25, 0.3) is 21.6 Å². The molecule has 8 rings (SSSR count). The highest BCUT2D eigenvalue weighted by Gasteiger charge is 2.54. The number of rotatable bonds is 16. The third kappa shape index (κ3) is 8.34. The van der Waals surface area contributed by atoms with Gasteiger partial charge >= 0.3 is 5.97 Å². The van der Waals surface area contributed by atoms with Gasteiger partial charge in [-0.1, -0.05) is 42.8 Å². The fourth-order valence-electron chi connectivity index (χ4n) is 8.89. The molecule has 0 bridgehead atoms. The summed E-state index contributed by atoms with van der Waals surface area (Å²) in [5.74, 6) is 2.68. The number of aliphatic carboxylic acids is 1. The highest BCUT2D eigenvalue weighted by atomic mass is 35.5. The largest absolute Gasteiger partial charge is 0.496 e. The number of anilines is 1. The molecule has 1 fully saturated rings. The van der Waals surface area contributed by atoms with Crippen LogP contribution < -0.4 is 19.5 Å². The lowest BCUT2D eigenvalue weighted by molar-refractivity contribution is -0.144. The Morgan fingerprint density at radius 2 is 1.79 bits per heavy atom. The standard InChI is InChI=1S/C46H47ClN4O6S/c1-30(28-57-41-13-20-48-39-14-23-58-42(39)41)24-32-25-31-10-11-36(56-22-21-55-29-35-12-19-49-43(50-35)37-8-3-4-9-40(37)54-2)27-38(31)45(32)15-17-46(18-16-45,44(52)53)51-34-7-5-6-33(47)26-34/h3-14,19-20,23,26-27,30,32,51H,15-18,21-22,24-25,28-29H2,1-2H3,(H,52,53)/t30-,32?,45?,46?/m1/s1. The molecule has 3 aromatic heterocycles. The summed E-state index contributed by atoms with van der Waals surface area (Å²) in [5.41, 5.74) is 4.51. The van der Waals surface area contributed by atoms with Gasteiger partial charge < -0.3 is 29.4 Å². The van der Waals surface area contributed by atoms with Crippen molar-refractivity contribution in [2.75, 3.05) is 32.2 Å². The Morgan fingerprint density at radius 1 is 0.948 bits per heavy atom. The fraction of sp³-hybridized carbons (Fsp3) is 0.348. The summed E-state index contributed by atoms with van der Waals surface area (Å²) in [6, 6.07) is 27.2. The maximum atomic E-state index is 13.0.